The number of likely N-dealkylation sites (N-methyl/N-ethyl adjacent to an activating group) is 1. The summed E-state index contributed by atoms with van der Waals surface area (Å²) in [6.07, 6.45) is 1.38. The number of nitrogens with zero attached hydrogens (tertiary/aromatic N) is 2. The van der Waals surface area contributed by atoms with Gasteiger partial charge in [-0.3, -0.25) is 13.9 Å². The van der Waals surface area contributed by atoms with Crippen LogP contribution >= 0.6 is 23.2 Å². The van der Waals surface area contributed by atoms with Gasteiger partial charge in [0.1, 0.15) is 12.6 Å². The summed E-state index contributed by atoms with van der Waals surface area (Å²) in [5, 5.41) is 3.66. The first kappa shape index (κ1) is 27.0. The van der Waals surface area contributed by atoms with Gasteiger partial charge >= 0.3 is 0 Å². The highest BCUT2D eigenvalue weighted by molar-refractivity contribution is 7.92. The minimum atomic E-state index is -3.81. The van der Waals surface area contributed by atoms with Gasteiger partial charge in [0.05, 0.1) is 11.9 Å². The molecule has 0 saturated carbocycles. The van der Waals surface area contributed by atoms with Gasteiger partial charge in [0.25, 0.3) is 0 Å². The van der Waals surface area contributed by atoms with Crippen LogP contribution in [0.3, 0.4) is 0 Å². The SMILES string of the molecule is CCNC(=O)[C@@H](CC)N(Cc1ccccc1Cl)C(=O)CN(c1ccc(Cl)cc1C)S(C)(=O)=O. The Morgan fingerprint density at radius 2 is 1.76 bits per heavy atom. The fourth-order valence-electron chi connectivity index (χ4n) is 3.52. The highest BCUT2D eigenvalue weighted by Gasteiger charge is 2.32. The number of benzene rings is 2. The predicted octanol–water partition coefficient (Wildman–Crippen LogP) is 4.01. The van der Waals surface area contributed by atoms with E-state index in [0.717, 1.165) is 10.6 Å². The average Bonchev–Trinajstić information content (AvgIpc) is 2.73. The van der Waals surface area contributed by atoms with E-state index in [1.54, 1.807) is 63.2 Å². The van der Waals surface area contributed by atoms with Crippen molar-refractivity contribution in [3.8, 4) is 0 Å². The number of anilines is 1. The van der Waals surface area contributed by atoms with Crippen molar-refractivity contribution in [2.75, 3.05) is 23.7 Å². The summed E-state index contributed by atoms with van der Waals surface area (Å²) in [5.74, 6) is -0.832. The lowest BCUT2D eigenvalue weighted by Crippen LogP contribution is -2.52. The molecule has 0 radical (unpaired) electrons. The molecule has 33 heavy (non-hydrogen) atoms. The summed E-state index contributed by atoms with van der Waals surface area (Å²) < 4.78 is 26.3. The highest BCUT2D eigenvalue weighted by Crippen LogP contribution is 2.26. The van der Waals surface area contributed by atoms with Crippen LogP contribution in [0.25, 0.3) is 0 Å². The normalized spacial score (nSPS) is 12.2. The molecule has 1 atom stereocenters. The molecule has 0 unspecified atom stereocenters. The van der Waals surface area contributed by atoms with Gasteiger partial charge in [-0.2, -0.15) is 0 Å². The van der Waals surface area contributed by atoms with Crippen molar-refractivity contribution < 1.29 is 18.0 Å². The topological polar surface area (TPSA) is 86.8 Å². The number of hydrogen-bond acceptors (Lipinski definition) is 4. The molecule has 0 fully saturated rings. The fourth-order valence-corrected chi connectivity index (χ4v) is 4.84. The van der Waals surface area contributed by atoms with Crippen molar-refractivity contribution in [1.29, 1.82) is 0 Å². The quantitative estimate of drug-likeness (QED) is 0.519. The summed E-state index contributed by atoms with van der Waals surface area (Å²) in [7, 11) is -3.81. The number of aryl methyl sites for hydroxylation is 1. The largest absolute Gasteiger partial charge is 0.355 e. The van der Waals surface area contributed by atoms with Crippen LogP contribution in [-0.4, -0.2) is 50.5 Å². The second-order valence-electron chi connectivity index (χ2n) is 7.63. The molecule has 2 amide bonds. The maximum atomic E-state index is 13.5. The first-order valence-corrected chi connectivity index (χ1v) is 13.1. The Kier molecular flexibility index (Phi) is 9.57. The van der Waals surface area contributed by atoms with Gasteiger partial charge in [-0.25, -0.2) is 8.42 Å². The Labute approximate surface area is 205 Å². The van der Waals surface area contributed by atoms with Gasteiger partial charge in [0, 0.05) is 23.1 Å². The molecule has 0 aliphatic carbocycles. The molecule has 2 rings (SSSR count). The lowest BCUT2D eigenvalue weighted by molar-refractivity contribution is -0.140. The van der Waals surface area contributed by atoms with Crippen LogP contribution in [0.5, 0.6) is 0 Å². The monoisotopic (exact) mass is 513 g/mol. The smallest absolute Gasteiger partial charge is 0.244 e. The number of amides is 2. The van der Waals surface area contributed by atoms with Crippen LogP contribution in [0.15, 0.2) is 42.5 Å². The van der Waals surface area contributed by atoms with Crippen LogP contribution in [0.4, 0.5) is 5.69 Å². The minimum Gasteiger partial charge on any atom is -0.355 e. The third kappa shape index (κ3) is 7.09. The van der Waals surface area contributed by atoms with Crippen LogP contribution in [0, 0.1) is 6.92 Å². The lowest BCUT2D eigenvalue weighted by Gasteiger charge is -2.33. The van der Waals surface area contributed by atoms with Crippen LogP contribution in [0.1, 0.15) is 31.4 Å². The van der Waals surface area contributed by atoms with E-state index in [-0.39, 0.29) is 12.5 Å². The number of nitrogens with one attached hydrogen (secondary N) is 1. The molecule has 180 valence electrons. The van der Waals surface area contributed by atoms with Crippen molar-refractivity contribution in [3.63, 3.8) is 0 Å². The third-order valence-corrected chi connectivity index (χ3v) is 6.87. The molecule has 2 aromatic rings. The zero-order valence-electron chi connectivity index (χ0n) is 19.1. The molecule has 10 heteroatoms. The maximum absolute atomic E-state index is 13.5. The van der Waals surface area contributed by atoms with Gasteiger partial charge in [0.15, 0.2) is 0 Å². The zero-order chi connectivity index (χ0) is 24.8. The first-order valence-electron chi connectivity index (χ1n) is 10.5. The van der Waals surface area contributed by atoms with E-state index in [0.29, 0.717) is 39.8 Å². The number of halogens is 2. The molecule has 0 spiro atoms. The average molecular weight is 514 g/mol. The van der Waals surface area contributed by atoms with Crippen molar-refractivity contribution >= 4 is 50.7 Å². The summed E-state index contributed by atoms with van der Waals surface area (Å²) >= 11 is 12.3. The summed E-state index contributed by atoms with van der Waals surface area (Å²) in [4.78, 5) is 27.7. The van der Waals surface area contributed by atoms with E-state index in [1.165, 1.54) is 4.90 Å². The van der Waals surface area contributed by atoms with E-state index in [9.17, 15) is 18.0 Å². The predicted molar refractivity (Wildman–Crippen MR) is 133 cm³/mol. The van der Waals surface area contributed by atoms with Gasteiger partial charge in [-0.05, 0) is 55.7 Å². The lowest BCUT2D eigenvalue weighted by atomic mass is 10.1. The van der Waals surface area contributed by atoms with E-state index in [4.69, 9.17) is 23.2 Å². The number of hydrogen-bond donors (Lipinski definition) is 1. The zero-order valence-corrected chi connectivity index (χ0v) is 21.5. The first-order chi connectivity index (χ1) is 15.5. The van der Waals surface area contributed by atoms with Gasteiger partial charge < -0.3 is 10.2 Å². The van der Waals surface area contributed by atoms with Crippen LogP contribution in [0.2, 0.25) is 10.0 Å². The van der Waals surface area contributed by atoms with Gasteiger partial charge in [-0.15, -0.1) is 0 Å². The number of carbonyl (C=O) groups is 2. The molecule has 2 aromatic carbocycles. The van der Waals surface area contributed by atoms with E-state index >= 15 is 0 Å². The molecule has 0 aliphatic rings. The van der Waals surface area contributed by atoms with Crippen molar-refractivity contribution in [2.45, 2.75) is 39.8 Å². The van der Waals surface area contributed by atoms with E-state index < -0.39 is 28.5 Å². The number of rotatable bonds is 10. The Morgan fingerprint density at radius 1 is 1.09 bits per heavy atom. The van der Waals surface area contributed by atoms with Gasteiger partial charge in [0.2, 0.25) is 21.8 Å². The number of sulfonamides is 1. The molecule has 0 aromatic heterocycles. The molecule has 7 nitrogen and oxygen atoms in total. The standard InChI is InChI=1S/C23H29Cl2N3O4S/c1-5-20(23(30)26-6-2)27(14-17-9-7-8-10-19(17)25)22(29)15-28(33(4,31)32)21-12-11-18(24)13-16(21)3/h7-13,20H,5-6,14-15H2,1-4H3,(H,26,30)/t20-/m1/s1. The molecule has 0 bridgehead atoms. The summed E-state index contributed by atoms with van der Waals surface area (Å²) in [5.41, 5.74) is 1.61. The minimum absolute atomic E-state index is 0.0609. The highest BCUT2D eigenvalue weighted by atomic mass is 35.5. The maximum Gasteiger partial charge on any atom is 0.244 e. The Balaban J connectivity index is 2.48. The Morgan fingerprint density at radius 3 is 2.30 bits per heavy atom. The van der Waals surface area contributed by atoms with Crippen molar-refractivity contribution in [2.24, 2.45) is 0 Å². The van der Waals surface area contributed by atoms with Crippen molar-refractivity contribution in [1.82, 2.24) is 10.2 Å². The molecule has 0 saturated heterocycles. The number of carbonyl (C=O) groups excluding carboxylic acids is 2. The Bertz CT molecular complexity index is 1110. The summed E-state index contributed by atoms with van der Waals surface area (Å²) in [6.45, 7) is 5.30. The molecule has 1 N–H and O–H groups in total. The Hall–Kier alpha value is -2.29. The van der Waals surface area contributed by atoms with Gasteiger partial charge in [-0.1, -0.05) is 48.3 Å². The van der Waals surface area contributed by atoms with Crippen molar-refractivity contribution in [3.05, 3.63) is 63.6 Å². The van der Waals surface area contributed by atoms with Crippen LogP contribution in [-0.2, 0) is 26.2 Å². The third-order valence-electron chi connectivity index (χ3n) is 5.14. The molecular formula is C23H29Cl2N3O4S. The second kappa shape index (κ2) is 11.7. The second-order valence-corrected chi connectivity index (χ2v) is 10.4. The van der Waals surface area contributed by atoms with E-state index in [1.807, 2.05) is 0 Å². The molecular weight excluding hydrogens is 485 g/mol. The fraction of sp³-hybridized carbons (Fsp3) is 0.391. The van der Waals surface area contributed by atoms with Crippen LogP contribution < -0.4 is 9.62 Å². The van der Waals surface area contributed by atoms with E-state index in [2.05, 4.69) is 5.32 Å². The molecule has 0 aliphatic heterocycles. The summed E-state index contributed by atoms with van der Waals surface area (Å²) in [6, 6.07) is 11.0. The molecule has 0 heterocycles.